The first kappa shape index (κ1) is 29.9. The molecule has 0 aliphatic carbocycles. The number of anilines is 1. The first-order valence-electron chi connectivity index (χ1n) is 12.5. The Morgan fingerprint density at radius 3 is 2.15 bits per heavy atom. The fourth-order valence-corrected chi connectivity index (χ4v) is 4.81. The predicted octanol–water partition coefficient (Wildman–Crippen LogP) is 4.38. The molecule has 0 radical (unpaired) electrons. The molecule has 1 aliphatic heterocycles. The minimum atomic E-state index is -4.43. The first-order valence-corrected chi connectivity index (χ1v) is 14.4. The van der Waals surface area contributed by atoms with E-state index >= 15 is 0 Å². The van der Waals surface area contributed by atoms with Crippen LogP contribution in [0.4, 0.5) is 19.0 Å². The standard InChI is InChI=1S/C28H27F3N4O5S/c1-16(2)18-8-10-20(11-9-18)25(36)23-24(19-6-4-17(5-7-19)14-28(29,30)31)35(27(38)26(23)37)22-13-12-21(33-34-22)15-32-41(3,39)40/h4-13,16,24,32,36H,14-15H2,1-3H3. The average Bonchev–Trinajstić information content (AvgIpc) is 3.16. The van der Waals surface area contributed by atoms with E-state index in [0.29, 0.717) is 0 Å². The van der Waals surface area contributed by atoms with Gasteiger partial charge in [0, 0.05) is 5.56 Å². The maximum absolute atomic E-state index is 13.3. The van der Waals surface area contributed by atoms with Gasteiger partial charge < -0.3 is 5.11 Å². The number of alkyl halides is 3. The zero-order valence-corrected chi connectivity index (χ0v) is 23.1. The molecule has 2 N–H and O–H groups in total. The van der Waals surface area contributed by atoms with E-state index < -0.39 is 46.1 Å². The fraction of sp³-hybridized carbons (Fsp3) is 0.286. The number of aromatic nitrogens is 2. The van der Waals surface area contributed by atoms with Gasteiger partial charge in [-0.1, -0.05) is 62.4 Å². The highest BCUT2D eigenvalue weighted by atomic mass is 32.2. The molecule has 216 valence electrons. The monoisotopic (exact) mass is 588 g/mol. The van der Waals surface area contributed by atoms with Crippen molar-refractivity contribution in [1.82, 2.24) is 14.9 Å². The van der Waals surface area contributed by atoms with Gasteiger partial charge in [-0.2, -0.15) is 18.3 Å². The van der Waals surface area contributed by atoms with Crippen LogP contribution in [0.1, 0.15) is 53.8 Å². The number of carbonyl (C=O) groups excluding carboxylic acids is 2. The van der Waals surface area contributed by atoms with Crippen molar-refractivity contribution < 1.29 is 36.3 Å². The van der Waals surface area contributed by atoms with Gasteiger partial charge in [-0.05, 0) is 34.7 Å². The topological polar surface area (TPSA) is 130 Å². The Balaban J connectivity index is 1.80. The molecule has 9 nitrogen and oxygen atoms in total. The van der Waals surface area contributed by atoms with Gasteiger partial charge >= 0.3 is 12.1 Å². The van der Waals surface area contributed by atoms with Gasteiger partial charge in [0.15, 0.2) is 5.82 Å². The van der Waals surface area contributed by atoms with Gasteiger partial charge in [-0.15, -0.1) is 5.10 Å². The maximum Gasteiger partial charge on any atom is 0.393 e. The molecule has 0 spiro atoms. The summed E-state index contributed by atoms with van der Waals surface area (Å²) in [6, 6.07) is 13.5. The summed E-state index contributed by atoms with van der Waals surface area (Å²) in [6.07, 6.45) is -4.61. The number of carbonyl (C=O) groups is 2. The third-order valence-corrected chi connectivity index (χ3v) is 7.13. The van der Waals surface area contributed by atoms with E-state index in [-0.39, 0.29) is 46.2 Å². The van der Waals surface area contributed by atoms with E-state index in [9.17, 15) is 36.3 Å². The van der Waals surface area contributed by atoms with Crippen LogP contribution in [0, 0.1) is 0 Å². The second-order valence-electron chi connectivity index (χ2n) is 9.96. The Morgan fingerprint density at radius 1 is 1.00 bits per heavy atom. The summed E-state index contributed by atoms with van der Waals surface area (Å²) < 4.78 is 63.8. The fourth-order valence-electron chi connectivity index (χ4n) is 4.40. The highest BCUT2D eigenvalue weighted by Gasteiger charge is 2.47. The second kappa shape index (κ2) is 11.4. The van der Waals surface area contributed by atoms with Crippen molar-refractivity contribution in [3.05, 3.63) is 94.2 Å². The molecule has 0 saturated carbocycles. The summed E-state index contributed by atoms with van der Waals surface area (Å²) in [7, 11) is -3.51. The Morgan fingerprint density at radius 2 is 1.63 bits per heavy atom. The summed E-state index contributed by atoms with van der Waals surface area (Å²) in [5.41, 5.74) is 1.47. The lowest BCUT2D eigenvalue weighted by Crippen LogP contribution is -2.30. The van der Waals surface area contributed by atoms with Crippen LogP contribution in [0.3, 0.4) is 0 Å². The molecular weight excluding hydrogens is 561 g/mol. The smallest absolute Gasteiger partial charge is 0.393 e. The average molecular weight is 589 g/mol. The Kier molecular flexibility index (Phi) is 8.31. The second-order valence-corrected chi connectivity index (χ2v) is 11.8. The third-order valence-electron chi connectivity index (χ3n) is 6.46. The van der Waals surface area contributed by atoms with Crippen LogP contribution in [0.15, 0.2) is 66.2 Å². The molecule has 1 fully saturated rings. The van der Waals surface area contributed by atoms with Crippen molar-refractivity contribution in [1.29, 1.82) is 0 Å². The molecule has 3 aromatic rings. The molecule has 2 heterocycles. The normalized spacial score (nSPS) is 17.4. The van der Waals surface area contributed by atoms with Gasteiger partial charge in [-0.25, -0.2) is 13.1 Å². The molecule has 1 amide bonds. The molecule has 1 aromatic heterocycles. The molecule has 2 aromatic carbocycles. The van der Waals surface area contributed by atoms with Crippen molar-refractivity contribution in [2.45, 2.75) is 44.9 Å². The number of amides is 1. The number of halogens is 3. The molecule has 4 rings (SSSR count). The van der Waals surface area contributed by atoms with Gasteiger partial charge in [-0.3, -0.25) is 14.5 Å². The largest absolute Gasteiger partial charge is 0.507 e. The number of hydrogen-bond donors (Lipinski definition) is 2. The third kappa shape index (κ3) is 6.98. The lowest BCUT2D eigenvalue weighted by atomic mass is 9.93. The van der Waals surface area contributed by atoms with Crippen molar-refractivity contribution in [3.63, 3.8) is 0 Å². The molecule has 1 atom stereocenters. The molecule has 0 bridgehead atoms. The minimum absolute atomic E-state index is 0.0232. The molecule has 1 unspecified atom stereocenters. The number of Topliss-reactive ketones (excluding diaryl/α,β-unsaturated/α-hetero) is 1. The molecule has 1 saturated heterocycles. The van der Waals surface area contributed by atoms with Crippen molar-refractivity contribution in [2.75, 3.05) is 11.2 Å². The zero-order chi connectivity index (χ0) is 30.1. The van der Waals surface area contributed by atoms with Crippen LogP contribution in [-0.4, -0.2) is 47.8 Å². The van der Waals surface area contributed by atoms with E-state index in [0.717, 1.165) is 16.7 Å². The molecule has 1 aliphatic rings. The van der Waals surface area contributed by atoms with E-state index in [4.69, 9.17) is 0 Å². The number of sulfonamides is 1. The number of aliphatic hydroxyl groups excluding tert-OH is 1. The van der Waals surface area contributed by atoms with Crippen LogP contribution in [0.25, 0.3) is 5.76 Å². The minimum Gasteiger partial charge on any atom is -0.507 e. The number of ketones is 1. The van der Waals surface area contributed by atoms with Crippen molar-refractivity contribution in [3.8, 4) is 0 Å². The summed E-state index contributed by atoms with van der Waals surface area (Å²) in [4.78, 5) is 27.6. The van der Waals surface area contributed by atoms with E-state index in [1.165, 1.54) is 36.4 Å². The highest BCUT2D eigenvalue weighted by molar-refractivity contribution is 7.88. The maximum atomic E-state index is 13.3. The molecule has 13 heteroatoms. The van der Waals surface area contributed by atoms with Crippen molar-refractivity contribution >= 4 is 33.3 Å². The van der Waals surface area contributed by atoms with Crippen LogP contribution in [-0.2, 0) is 32.6 Å². The summed E-state index contributed by atoms with van der Waals surface area (Å²) >= 11 is 0. The van der Waals surface area contributed by atoms with Crippen LogP contribution >= 0.6 is 0 Å². The number of rotatable bonds is 8. The summed E-state index contributed by atoms with van der Waals surface area (Å²) in [5.74, 6) is -2.35. The summed E-state index contributed by atoms with van der Waals surface area (Å²) in [6.45, 7) is 3.82. The van der Waals surface area contributed by atoms with Gasteiger partial charge in [0.2, 0.25) is 10.0 Å². The van der Waals surface area contributed by atoms with E-state index in [2.05, 4.69) is 14.9 Å². The molecule has 41 heavy (non-hydrogen) atoms. The van der Waals surface area contributed by atoms with Crippen LogP contribution in [0.5, 0.6) is 0 Å². The lowest BCUT2D eigenvalue weighted by molar-refractivity contribution is -0.132. The Bertz CT molecular complexity index is 1590. The quantitative estimate of drug-likeness (QED) is 0.227. The van der Waals surface area contributed by atoms with E-state index in [1.807, 2.05) is 13.8 Å². The van der Waals surface area contributed by atoms with E-state index in [1.54, 1.807) is 24.3 Å². The number of nitrogens with one attached hydrogen (secondary N) is 1. The Hall–Kier alpha value is -4.10. The molecular formula is C28H27F3N4O5S. The number of aliphatic hydroxyl groups is 1. The van der Waals surface area contributed by atoms with Gasteiger partial charge in [0.05, 0.1) is 36.5 Å². The van der Waals surface area contributed by atoms with Crippen molar-refractivity contribution in [2.24, 2.45) is 0 Å². The highest BCUT2D eigenvalue weighted by Crippen LogP contribution is 2.41. The Labute approximate surface area is 234 Å². The van der Waals surface area contributed by atoms with Gasteiger partial charge in [0.25, 0.3) is 5.78 Å². The SMILES string of the molecule is CC(C)c1ccc(C(O)=C2C(=O)C(=O)N(c3ccc(CNS(C)(=O)=O)nn3)C2c2ccc(CC(F)(F)F)cc2)cc1. The predicted molar refractivity (Wildman–Crippen MR) is 145 cm³/mol. The lowest BCUT2D eigenvalue weighted by Gasteiger charge is -2.24. The number of hydrogen-bond acceptors (Lipinski definition) is 7. The zero-order valence-electron chi connectivity index (χ0n) is 22.3. The van der Waals surface area contributed by atoms with Gasteiger partial charge in [0.1, 0.15) is 5.76 Å². The van der Waals surface area contributed by atoms with Crippen LogP contribution < -0.4 is 9.62 Å². The first-order chi connectivity index (χ1) is 19.1. The number of benzene rings is 2. The summed E-state index contributed by atoms with van der Waals surface area (Å²) in [5, 5.41) is 19.2. The van der Waals surface area contributed by atoms with Crippen LogP contribution in [0.2, 0.25) is 0 Å². The number of nitrogens with zero attached hydrogens (tertiary/aromatic N) is 3.